The predicted octanol–water partition coefficient (Wildman–Crippen LogP) is 4.63. The van der Waals surface area contributed by atoms with Crippen molar-refractivity contribution in [3.05, 3.63) is 34.0 Å². The second-order valence-electron chi connectivity index (χ2n) is 3.89. The molecule has 0 amide bonds. The number of hydrogen-bond donors (Lipinski definition) is 0. The lowest BCUT2D eigenvalue weighted by atomic mass is 9.99. The van der Waals surface area contributed by atoms with Gasteiger partial charge in [0.15, 0.2) is 0 Å². The second-order valence-corrected chi connectivity index (χ2v) is 4.75. The van der Waals surface area contributed by atoms with Crippen molar-refractivity contribution < 1.29 is 4.42 Å². The van der Waals surface area contributed by atoms with Crippen LogP contribution in [0, 0.1) is 6.92 Å². The van der Waals surface area contributed by atoms with E-state index < -0.39 is 0 Å². The Hall–Kier alpha value is -0.760. The van der Waals surface area contributed by atoms with Gasteiger partial charge in [-0.05, 0) is 36.1 Å². The molecule has 14 heavy (non-hydrogen) atoms. The summed E-state index contributed by atoms with van der Waals surface area (Å²) in [6, 6.07) is 4.19. The van der Waals surface area contributed by atoms with Crippen molar-refractivity contribution in [2.45, 2.75) is 26.7 Å². The van der Waals surface area contributed by atoms with Crippen LogP contribution in [0.15, 0.2) is 27.3 Å². The lowest BCUT2D eigenvalue weighted by Gasteiger charge is -2.09. The highest BCUT2D eigenvalue weighted by Crippen LogP contribution is 2.33. The maximum atomic E-state index is 5.53. The average Bonchev–Trinajstić information content (AvgIpc) is 2.59. The molecule has 0 atom stereocenters. The van der Waals surface area contributed by atoms with Crippen LogP contribution in [0.4, 0.5) is 0 Å². The summed E-state index contributed by atoms with van der Waals surface area (Å²) in [7, 11) is 0. The van der Waals surface area contributed by atoms with E-state index in [1.54, 1.807) is 6.26 Å². The molecule has 1 aromatic heterocycles. The van der Waals surface area contributed by atoms with Gasteiger partial charge in [-0.25, -0.2) is 0 Å². The van der Waals surface area contributed by atoms with E-state index in [1.165, 1.54) is 16.5 Å². The third-order valence-electron chi connectivity index (χ3n) is 2.59. The molecule has 1 heterocycles. The normalized spacial score (nSPS) is 11.5. The first-order chi connectivity index (χ1) is 6.61. The fraction of sp³-hybridized carbons (Fsp3) is 0.333. The van der Waals surface area contributed by atoms with Gasteiger partial charge in [0.2, 0.25) is 0 Å². The highest BCUT2D eigenvalue weighted by Gasteiger charge is 2.12. The summed E-state index contributed by atoms with van der Waals surface area (Å²) in [4.78, 5) is 0. The van der Waals surface area contributed by atoms with Crippen molar-refractivity contribution in [1.82, 2.24) is 0 Å². The van der Waals surface area contributed by atoms with Crippen LogP contribution >= 0.6 is 15.9 Å². The zero-order chi connectivity index (χ0) is 10.3. The van der Waals surface area contributed by atoms with Crippen LogP contribution in [-0.2, 0) is 0 Å². The summed E-state index contributed by atoms with van der Waals surface area (Å²) in [5.74, 6) is 0.487. The van der Waals surface area contributed by atoms with E-state index in [0.29, 0.717) is 5.92 Å². The van der Waals surface area contributed by atoms with Gasteiger partial charge in [-0.3, -0.25) is 0 Å². The minimum atomic E-state index is 0.487. The molecule has 1 aromatic carbocycles. The van der Waals surface area contributed by atoms with Crippen molar-refractivity contribution in [2.24, 2.45) is 0 Å². The lowest BCUT2D eigenvalue weighted by Crippen LogP contribution is -1.90. The molecule has 0 aliphatic rings. The fourth-order valence-corrected chi connectivity index (χ4v) is 2.16. The summed E-state index contributed by atoms with van der Waals surface area (Å²) in [5.41, 5.74) is 3.54. The smallest absolute Gasteiger partial charge is 0.137 e. The highest BCUT2D eigenvalue weighted by atomic mass is 79.9. The van der Waals surface area contributed by atoms with E-state index in [-0.39, 0.29) is 0 Å². The van der Waals surface area contributed by atoms with Crippen LogP contribution in [0.2, 0.25) is 0 Å². The molecule has 0 saturated heterocycles. The molecule has 0 aliphatic carbocycles. The molecule has 0 radical (unpaired) electrons. The minimum Gasteiger partial charge on any atom is -0.464 e. The van der Waals surface area contributed by atoms with Gasteiger partial charge in [-0.1, -0.05) is 29.8 Å². The predicted molar refractivity (Wildman–Crippen MR) is 62.7 cm³/mol. The van der Waals surface area contributed by atoms with E-state index in [1.807, 2.05) is 6.07 Å². The number of halogens is 1. The lowest BCUT2D eigenvalue weighted by molar-refractivity contribution is 0.607. The molecule has 1 nitrogen and oxygen atoms in total. The Morgan fingerprint density at radius 3 is 2.71 bits per heavy atom. The first kappa shape index (κ1) is 9.78. The van der Waals surface area contributed by atoms with Gasteiger partial charge in [-0.2, -0.15) is 0 Å². The Balaban J connectivity index is 2.84. The average molecular weight is 253 g/mol. The summed E-state index contributed by atoms with van der Waals surface area (Å²) < 4.78 is 6.69. The molecule has 74 valence electrons. The molecule has 0 bridgehead atoms. The Labute approximate surface area is 92.2 Å². The van der Waals surface area contributed by atoms with E-state index in [2.05, 4.69) is 42.8 Å². The van der Waals surface area contributed by atoms with Crippen LogP contribution in [0.25, 0.3) is 11.0 Å². The Morgan fingerprint density at radius 2 is 2.07 bits per heavy atom. The van der Waals surface area contributed by atoms with Crippen molar-refractivity contribution in [2.75, 3.05) is 0 Å². The second kappa shape index (κ2) is 3.43. The SMILES string of the molecule is Cc1c(Br)cc(C(C)C)c2occc12. The maximum Gasteiger partial charge on any atom is 0.137 e. The van der Waals surface area contributed by atoms with Crippen molar-refractivity contribution >= 4 is 26.9 Å². The van der Waals surface area contributed by atoms with E-state index in [4.69, 9.17) is 4.42 Å². The molecule has 0 N–H and O–H groups in total. The van der Waals surface area contributed by atoms with Gasteiger partial charge in [0.1, 0.15) is 5.58 Å². The molecule has 2 aromatic rings. The monoisotopic (exact) mass is 252 g/mol. The van der Waals surface area contributed by atoms with Crippen molar-refractivity contribution in [1.29, 1.82) is 0 Å². The van der Waals surface area contributed by atoms with Crippen molar-refractivity contribution in [3.8, 4) is 0 Å². The highest BCUT2D eigenvalue weighted by molar-refractivity contribution is 9.10. The first-order valence-electron chi connectivity index (χ1n) is 4.77. The molecule has 0 aliphatic heterocycles. The fourth-order valence-electron chi connectivity index (χ4n) is 1.70. The van der Waals surface area contributed by atoms with Gasteiger partial charge in [0.05, 0.1) is 6.26 Å². The zero-order valence-electron chi connectivity index (χ0n) is 8.60. The molecule has 0 unspecified atom stereocenters. The maximum absolute atomic E-state index is 5.53. The molecule has 0 spiro atoms. The van der Waals surface area contributed by atoms with E-state index in [9.17, 15) is 0 Å². The summed E-state index contributed by atoms with van der Waals surface area (Å²) in [6.07, 6.45) is 1.76. The third-order valence-corrected chi connectivity index (χ3v) is 3.42. The Bertz CT molecular complexity index is 468. The minimum absolute atomic E-state index is 0.487. The van der Waals surface area contributed by atoms with Crippen LogP contribution in [0.5, 0.6) is 0 Å². The number of fused-ring (bicyclic) bond motifs is 1. The van der Waals surface area contributed by atoms with Crippen LogP contribution in [0.1, 0.15) is 30.9 Å². The quantitative estimate of drug-likeness (QED) is 0.722. The summed E-state index contributed by atoms with van der Waals surface area (Å²) in [5, 5.41) is 1.21. The summed E-state index contributed by atoms with van der Waals surface area (Å²) >= 11 is 3.58. The number of rotatable bonds is 1. The largest absolute Gasteiger partial charge is 0.464 e. The number of aryl methyl sites for hydroxylation is 1. The molecule has 2 heteroatoms. The van der Waals surface area contributed by atoms with Gasteiger partial charge in [0, 0.05) is 9.86 Å². The first-order valence-corrected chi connectivity index (χ1v) is 5.56. The number of benzene rings is 1. The standard InChI is InChI=1S/C12H13BrO/c1-7(2)10-6-11(13)8(3)9-4-5-14-12(9)10/h4-7H,1-3H3. The Morgan fingerprint density at radius 1 is 1.36 bits per heavy atom. The van der Waals surface area contributed by atoms with Gasteiger partial charge in [0.25, 0.3) is 0 Å². The van der Waals surface area contributed by atoms with Gasteiger partial charge < -0.3 is 4.42 Å². The molecule has 2 rings (SSSR count). The topological polar surface area (TPSA) is 13.1 Å². The third kappa shape index (κ3) is 1.38. The van der Waals surface area contributed by atoms with Gasteiger partial charge >= 0.3 is 0 Å². The number of furan rings is 1. The van der Waals surface area contributed by atoms with Crippen LogP contribution in [0.3, 0.4) is 0 Å². The zero-order valence-corrected chi connectivity index (χ0v) is 10.2. The number of hydrogen-bond acceptors (Lipinski definition) is 1. The van der Waals surface area contributed by atoms with Crippen molar-refractivity contribution in [3.63, 3.8) is 0 Å². The Kier molecular flexibility index (Phi) is 2.40. The molecule has 0 fully saturated rings. The molecular formula is C12H13BrO. The van der Waals surface area contributed by atoms with E-state index in [0.717, 1.165) is 10.1 Å². The van der Waals surface area contributed by atoms with Crippen LogP contribution < -0.4 is 0 Å². The molecular weight excluding hydrogens is 240 g/mol. The van der Waals surface area contributed by atoms with Crippen LogP contribution in [-0.4, -0.2) is 0 Å². The van der Waals surface area contributed by atoms with Gasteiger partial charge in [-0.15, -0.1) is 0 Å². The summed E-state index contributed by atoms with van der Waals surface area (Å²) in [6.45, 7) is 6.46. The van der Waals surface area contributed by atoms with E-state index >= 15 is 0 Å². The molecule has 0 saturated carbocycles.